The van der Waals surface area contributed by atoms with Gasteiger partial charge in [0.25, 0.3) is 0 Å². The van der Waals surface area contributed by atoms with Gasteiger partial charge in [0.05, 0.1) is 0 Å². The van der Waals surface area contributed by atoms with Crippen molar-refractivity contribution in [2.75, 3.05) is 6.61 Å². The summed E-state index contributed by atoms with van der Waals surface area (Å²) in [6.07, 6.45) is 3.76. The Morgan fingerprint density at radius 3 is 2.46 bits per heavy atom. The topological polar surface area (TPSA) is 66.8 Å². The molecule has 0 unspecified atom stereocenters. The first-order chi connectivity index (χ1) is 11.6. The molecule has 0 saturated carbocycles. The molecule has 0 atom stereocenters. The maximum atomic E-state index is 10.5. The van der Waals surface area contributed by atoms with Crippen LogP contribution in [0.5, 0.6) is 11.5 Å². The number of hydrogen-bond donors (Lipinski definition) is 2. The highest BCUT2D eigenvalue weighted by atomic mass is 16.5. The molecule has 24 heavy (non-hydrogen) atoms. The highest BCUT2D eigenvalue weighted by Gasteiger charge is 2.03. The Morgan fingerprint density at radius 2 is 1.71 bits per heavy atom. The van der Waals surface area contributed by atoms with E-state index >= 15 is 0 Å². The lowest BCUT2D eigenvalue weighted by molar-refractivity contribution is -0.139. The Bertz CT molecular complexity index is 895. The summed E-state index contributed by atoms with van der Waals surface area (Å²) in [5.41, 5.74) is 1.68. The molecular formula is C20H16O4. The Kier molecular flexibility index (Phi) is 4.47. The van der Waals surface area contributed by atoms with Gasteiger partial charge in [-0.05, 0) is 34.5 Å². The second-order valence-electron chi connectivity index (χ2n) is 5.30. The predicted octanol–water partition coefficient (Wildman–Crippen LogP) is 4.18. The summed E-state index contributed by atoms with van der Waals surface area (Å²) in [6, 6.07) is 18.5. The van der Waals surface area contributed by atoms with Gasteiger partial charge in [-0.2, -0.15) is 0 Å². The van der Waals surface area contributed by atoms with Crippen molar-refractivity contribution in [1.82, 2.24) is 0 Å². The fourth-order valence-corrected chi connectivity index (χ4v) is 2.46. The van der Waals surface area contributed by atoms with Crippen molar-refractivity contribution >= 4 is 28.9 Å². The van der Waals surface area contributed by atoms with Gasteiger partial charge in [-0.15, -0.1) is 0 Å². The number of fused-ring (bicyclic) bond motifs is 1. The maximum Gasteiger partial charge on any atom is 0.341 e. The molecule has 0 saturated heterocycles. The molecule has 0 bridgehead atoms. The molecule has 120 valence electrons. The first-order valence-corrected chi connectivity index (χ1v) is 7.47. The van der Waals surface area contributed by atoms with Gasteiger partial charge in [0.1, 0.15) is 11.5 Å². The van der Waals surface area contributed by atoms with Crippen LogP contribution >= 0.6 is 0 Å². The zero-order valence-corrected chi connectivity index (χ0v) is 12.8. The largest absolute Gasteiger partial charge is 0.507 e. The minimum atomic E-state index is -1.01. The van der Waals surface area contributed by atoms with Gasteiger partial charge in [-0.3, -0.25) is 0 Å². The highest BCUT2D eigenvalue weighted by Crippen LogP contribution is 2.29. The van der Waals surface area contributed by atoms with Crippen LogP contribution in [0.1, 0.15) is 11.1 Å². The minimum Gasteiger partial charge on any atom is -0.507 e. The summed E-state index contributed by atoms with van der Waals surface area (Å²) in [6.45, 7) is -0.362. The number of rotatable bonds is 5. The van der Waals surface area contributed by atoms with E-state index in [0.717, 1.165) is 21.9 Å². The number of carbonyl (C=O) groups is 1. The second-order valence-corrected chi connectivity index (χ2v) is 5.30. The molecule has 4 heteroatoms. The molecule has 3 aromatic carbocycles. The van der Waals surface area contributed by atoms with Crippen molar-refractivity contribution in [3.8, 4) is 11.5 Å². The highest BCUT2D eigenvalue weighted by molar-refractivity contribution is 5.95. The van der Waals surface area contributed by atoms with E-state index in [-0.39, 0.29) is 12.4 Å². The van der Waals surface area contributed by atoms with Gasteiger partial charge in [-0.25, -0.2) is 4.79 Å². The molecule has 2 N–H and O–H groups in total. The van der Waals surface area contributed by atoms with Crippen LogP contribution in [-0.2, 0) is 4.79 Å². The van der Waals surface area contributed by atoms with Crippen LogP contribution in [0, 0.1) is 0 Å². The van der Waals surface area contributed by atoms with Crippen LogP contribution in [0.15, 0.2) is 60.7 Å². The quantitative estimate of drug-likeness (QED) is 0.692. The molecule has 0 aliphatic carbocycles. The number of carboxylic acid groups (broad SMARTS) is 1. The molecule has 0 spiro atoms. The van der Waals surface area contributed by atoms with Crippen molar-refractivity contribution < 1.29 is 19.7 Å². The number of phenolic OH excluding ortho intramolecular Hbond substituents is 1. The fourth-order valence-electron chi connectivity index (χ4n) is 2.46. The lowest BCUT2D eigenvalue weighted by Crippen LogP contribution is -2.09. The van der Waals surface area contributed by atoms with Crippen LogP contribution in [0.25, 0.3) is 22.9 Å². The van der Waals surface area contributed by atoms with Gasteiger partial charge < -0.3 is 14.9 Å². The molecule has 4 nitrogen and oxygen atoms in total. The van der Waals surface area contributed by atoms with E-state index in [2.05, 4.69) is 0 Å². The number of phenols is 1. The molecule has 3 aromatic rings. The summed E-state index contributed by atoms with van der Waals surface area (Å²) >= 11 is 0. The number of hydrogen-bond acceptors (Lipinski definition) is 3. The lowest BCUT2D eigenvalue weighted by atomic mass is 10.0. The monoisotopic (exact) mass is 320 g/mol. The lowest BCUT2D eigenvalue weighted by Gasteiger charge is -2.05. The van der Waals surface area contributed by atoms with E-state index in [1.165, 1.54) is 0 Å². The summed E-state index contributed by atoms with van der Waals surface area (Å²) in [5.74, 6) is -0.278. The van der Waals surface area contributed by atoms with E-state index < -0.39 is 5.97 Å². The van der Waals surface area contributed by atoms with Gasteiger partial charge in [-0.1, -0.05) is 54.6 Å². The standard InChI is InChI=1S/C20H16O4/c21-19-12-8-15-3-1-2-4-17(15)18(19)11-7-14-5-9-16(10-6-14)24-13-20(22)23/h1-12,21H,13H2,(H,22,23)/b11-7+. The van der Waals surface area contributed by atoms with Gasteiger partial charge in [0, 0.05) is 5.56 Å². The maximum absolute atomic E-state index is 10.5. The first-order valence-electron chi connectivity index (χ1n) is 7.47. The van der Waals surface area contributed by atoms with Crippen LogP contribution in [0.3, 0.4) is 0 Å². The van der Waals surface area contributed by atoms with E-state index in [0.29, 0.717) is 5.75 Å². The summed E-state index contributed by atoms with van der Waals surface area (Å²) < 4.78 is 5.10. The third kappa shape index (κ3) is 3.55. The zero-order valence-electron chi connectivity index (χ0n) is 12.8. The van der Waals surface area contributed by atoms with E-state index in [9.17, 15) is 9.90 Å². The third-order valence-corrected chi connectivity index (χ3v) is 3.63. The Balaban J connectivity index is 1.83. The number of aliphatic carboxylic acids is 1. The van der Waals surface area contributed by atoms with Crippen molar-refractivity contribution in [3.63, 3.8) is 0 Å². The van der Waals surface area contributed by atoms with E-state index in [1.807, 2.05) is 54.6 Å². The third-order valence-electron chi connectivity index (χ3n) is 3.63. The minimum absolute atomic E-state index is 0.228. The van der Waals surface area contributed by atoms with Gasteiger partial charge in [0.15, 0.2) is 6.61 Å². The van der Waals surface area contributed by atoms with Crippen LogP contribution in [0.4, 0.5) is 0 Å². The van der Waals surface area contributed by atoms with Crippen LogP contribution in [-0.4, -0.2) is 22.8 Å². The summed E-state index contributed by atoms with van der Waals surface area (Å²) in [7, 11) is 0. The zero-order chi connectivity index (χ0) is 16.9. The molecule has 0 fully saturated rings. The SMILES string of the molecule is O=C(O)COc1ccc(/C=C/c2c(O)ccc3ccccc23)cc1. The average Bonchev–Trinajstić information content (AvgIpc) is 2.60. The molecule has 0 aliphatic rings. The van der Waals surface area contributed by atoms with Crippen LogP contribution in [0.2, 0.25) is 0 Å². The second kappa shape index (κ2) is 6.87. The fraction of sp³-hybridized carbons (Fsp3) is 0.0500. The van der Waals surface area contributed by atoms with Gasteiger partial charge >= 0.3 is 5.97 Å². The molecular weight excluding hydrogens is 304 g/mol. The van der Waals surface area contributed by atoms with E-state index in [4.69, 9.17) is 9.84 Å². The van der Waals surface area contributed by atoms with Crippen molar-refractivity contribution in [2.24, 2.45) is 0 Å². The number of benzene rings is 3. The number of aromatic hydroxyl groups is 1. The Labute approximate surface area is 139 Å². The molecule has 3 rings (SSSR count). The smallest absolute Gasteiger partial charge is 0.341 e. The van der Waals surface area contributed by atoms with Crippen molar-refractivity contribution in [3.05, 3.63) is 71.8 Å². The van der Waals surface area contributed by atoms with E-state index in [1.54, 1.807) is 18.2 Å². The Hall–Kier alpha value is -3.27. The van der Waals surface area contributed by atoms with Crippen LogP contribution < -0.4 is 4.74 Å². The molecule has 0 aliphatic heterocycles. The summed E-state index contributed by atoms with van der Waals surface area (Å²) in [5, 5.41) is 20.8. The average molecular weight is 320 g/mol. The van der Waals surface area contributed by atoms with Crippen molar-refractivity contribution in [1.29, 1.82) is 0 Å². The molecule has 0 amide bonds. The van der Waals surface area contributed by atoms with Gasteiger partial charge in [0.2, 0.25) is 0 Å². The van der Waals surface area contributed by atoms with Crippen molar-refractivity contribution in [2.45, 2.75) is 0 Å². The predicted molar refractivity (Wildman–Crippen MR) is 94.1 cm³/mol. The molecule has 0 radical (unpaired) electrons. The molecule has 0 heterocycles. The summed E-state index contributed by atoms with van der Waals surface area (Å²) in [4.78, 5) is 10.5. The number of ether oxygens (including phenoxy) is 1. The normalized spacial score (nSPS) is 11.0. The molecule has 0 aromatic heterocycles. The first kappa shape index (κ1) is 15.6. The Morgan fingerprint density at radius 1 is 0.958 bits per heavy atom. The number of carboxylic acids is 1.